The van der Waals surface area contributed by atoms with Gasteiger partial charge in [-0.3, -0.25) is 9.69 Å². The van der Waals surface area contributed by atoms with Gasteiger partial charge in [-0.15, -0.1) is 11.3 Å². The van der Waals surface area contributed by atoms with E-state index in [4.69, 9.17) is 9.47 Å². The number of nitrogens with zero attached hydrogens (tertiary/aromatic N) is 2. The minimum absolute atomic E-state index is 0.0874. The summed E-state index contributed by atoms with van der Waals surface area (Å²) in [5.74, 6) is 0.147. The molecule has 5 nitrogen and oxygen atoms in total. The van der Waals surface area contributed by atoms with Crippen LogP contribution in [-0.4, -0.2) is 73.3 Å². The fourth-order valence-electron chi connectivity index (χ4n) is 3.57. The third-order valence-electron chi connectivity index (χ3n) is 4.73. The van der Waals surface area contributed by atoms with Gasteiger partial charge in [-0.05, 0) is 17.9 Å². The van der Waals surface area contributed by atoms with Gasteiger partial charge in [-0.25, -0.2) is 0 Å². The van der Waals surface area contributed by atoms with Crippen molar-refractivity contribution in [1.29, 1.82) is 0 Å². The Kier molecular flexibility index (Phi) is 3.49. The molecule has 0 N–H and O–H groups in total. The summed E-state index contributed by atoms with van der Waals surface area (Å²) >= 11 is 1.51. The molecule has 1 atom stereocenters. The Morgan fingerprint density at radius 2 is 2.14 bits per heavy atom. The number of amides is 1. The highest BCUT2D eigenvalue weighted by Gasteiger charge is 2.52. The molecule has 0 radical (unpaired) electrons. The topological polar surface area (TPSA) is 42.0 Å². The van der Waals surface area contributed by atoms with Gasteiger partial charge in [0, 0.05) is 19.1 Å². The Hall–Kier alpha value is -0.950. The number of morpholine rings is 1. The highest BCUT2D eigenvalue weighted by Crippen LogP contribution is 2.38. The smallest absolute Gasteiger partial charge is 0.264 e. The minimum Gasteiger partial charge on any atom is -0.379 e. The zero-order valence-corrected chi connectivity index (χ0v) is 12.8. The molecule has 3 aliphatic heterocycles. The number of carbonyl (C=O) groups excluding carboxylic acids is 1. The van der Waals surface area contributed by atoms with Crippen LogP contribution in [0.1, 0.15) is 16.1 Å². The van der Waals surface area contributed by atoms with Crippen molar-refractivity contribution in [3.8, 4) is 0 Å². The van der Waals surface area contributed by atoms with Gasteiger partial charge in [-0.1, -0.05) is 6.07 Å². The van der Waals surface area contributed by atoms with Crippen LogP contribution in [0, 0.1) is 0 Å². The van der Waals surface area contributed by atoms with E-state index in [-0.39, 0.29) is 11.5 Å². The maximum Gasteiger partial charge on any atom is 0.264 e. The molecule has 1 spiro atoms. The molecule has 0 saturated carbocycles. The van der Waals surface area contributed by atoms with Gasteiger partial charge in [0.15, 0.2) is 0 Å². The summed E-state index contributed by atoms with van der Waals surface area (Å²) in [4.78, 5) is 17.5. The molecule has 0 aliphatic carbocycles. The van der Waals surface area contributed by atoms with Crippen molar-refractivity contribution in [1.82, 2.24) is 9.80 Å². The highest BCUT2D eigenvalue weighted by molar-refractivity contribution is 7.12. The number of hydrogen-bond acceptors (Lipinski definition) is 5. The highest BCUT2D eigenvalue weighted by atomic mass is 32.1. The van der Waals surface area contributed by atoms with Crippen LogP contribution in [0.25, 0.3) is 0 Å². The van der Waals surface area contributed by atoms with Crippen molar-refractivity contribution < 1.29 is 14.3 Å². The Balaban J connectivity index is 1.33. The third kappa shape index (κ3) is 2.50. The standard InChI is InChI=1S/C15H20N2O3S/c18-14(13-2-1-7-21-13)17-10-15(11-17)8-12(9-20-15)16-3-5-19-6-4-16/h1-2,7,12H,3-6,8-11H2. The van der Waals surface area contributed by atoms with E-state index >= 15 is 0 Å². The average molecular weight is 308 g/mol. The van der Waals surface area contributed by atoms with Crippen LogP contribution < -0.4 is 0 Å². The second kappa shape index (κ2) is 5.35. The molecular weight excluding hydrogens is 288 g/mol. The molecule has 1 amide bonds. The van der Waals surface area contributed by atoms with Crippen molar-refractivity contribution in [2.45, 2.75) is 18.1 Å². The van der Waals surface area contributed by atoms with Crippen molar-refractivity contribution >= 4 is 17.2 Å². The van der Waals surface area contributed by atoms with E-state index in [1.807, 2.05) is 22.4 Å². The van der Waals surface area contributed by atoms with Gasteiger partial charge in [0.25, 0.3) is 5.91 Å². The summed E-state index contributed by atoms with van der Waals surface area (Å²) in [7, 11) is 0. The SMILES string of the molecule is O=C(c1cccs1)N1CC2(CC(N3CCOCC3)CO2)C1. The van der Waals surface area contributed by atoms with E-state index in [1.165, 1.54) is 11.3 Å². The van der Waals surface area contributed by atoms with Gasteiger partial charge >= 0.3 is 0 Å². The van der Waals surface area contributed by atoms with E-state index in [0.29, 0.717) is 6.04 Å². The number of likely N-dealkylation sites (tertiary alicyclic amines) is 1. The molecule has 0 aromatic carbocycles. The van der Waals surface area contributed by atoms with Crippen LogP contribution in [-0.2, 0) is 9.47 Å². The Morgan fingerprint density at radius 3 is 2.86 bits per heavy atom. The second-order valence-electron chi connectivity index (χ2n) is 6.14. The van der Waals surface area contributed by atoms with Crippen LogP contribution in [0.15, 0.2) is 17.5 Å². The lowest BCUT2D eigenvalue weighted by atomic mass is 9.88. The summed E-state index contributed by atoms with van der Waals surface area (Å²) in [6.45, 7) is 5.93. The number of rotatable bonds is 2. The van der Waals surface area contributed by atoms with Crippen LogP contribution in [0.5, 0.6) is 0 Å². The number of ether oxygens (including phenoxy) is 2. The number of hydrogen-bond donors (Lipinski definition) is 0. The lowest BCUT2D eigenvalue weighted by Gasteiger charge is -2.47. The molecule has 0 bridgehead atoms. The Bertz CT molecular complexity index is 507. The van der Waals surface area contributed by atoms with Crippen LogP contribution in [0.3, 0.4) is 0 Å². The maximum absolute atomic E-state index is 12.3. The minimum atomic E-state index is -0.0874. The normalized spacial score (nSPS) is 28.8. The molecule has 6 heteroatoms. The summed E-state index contributed by atoms with van der Waals surface area (Å²) < 4.78 is 11.5. The molecule has 3 fully saturated rings. The van der Waals surface area contributed by atoms with Gasteiger partial charge in [0.1, 0.15) is 5.60 Å². The molecule has 1 aromatic heterocycles. The molecule has 3 saturated heterocycles. The number of thiophene rings is 1. The zero-order chi connectivity index (χ0) is 14.3. The van der Waals surface area contributed by atoms with Gasteiger partial charge in [0.05, 0.1) is 37.8 Å². The third-order valence-corrected chi connectivity index (χ3v) is 5.59. The van der Waals surface area contributed by atoms with Gasteiger partial charge < -0.3 is 14.4 Å². The van der Waals surface area contributed by atoms with Crippen molar-refractivity contribution in [2.75, 3.05) is 46.0 Å². The first-order chi connectivity index (χ1) is 10.3. The molecule has 114 valence electrons. The van der Waals surface area contributed by atoms with E-state index in [1.54, 1.807) is 0 Å². The molecule has 3 aliphatic rings. The lowest BCUT2D eigenvalue weighted by Crippen LogP contribution is -2.63. The van der Waals surface area contributed by atoms with Gasteiger partial charge in [0.2, 0.25) is 0 Å². The Morgan fingerprint density at radius 1 is 1.33 bits per heavy atom. The van der Waals surface area contributed by atoms with Crippen molar-refractivity contribution in [3.05, 3.63) is 22.4 Å². The lowest BCUT2D eigenvalue weighted by molar-refractivity contribution is -0.0950. The summed E-state index contributed by atoms with van der Waals surface area (Å²) in [5, 5.41) is 1.95. The van der Waals surface area contributed by atoms with Crippen LogP contribution >= 0.6 is 11.3 Å². The average Bonchev–Trinajstić information content (AvgIpc) is 3.15. The van der Waals surface area contributed by atoms with Gasteiger partial charge in [-0.2, -0.15) is 0 Å². The van der Waals surface area contributed by atoms with Crippen molar-refractivity contribution in [3.63, 3.8) is 0 Å². The van der Waals surface area contributed by atoms with E-state index in [0.717, 1.165) is 57.3 Å². The molecule has 4 heterocycles. The quantitative estimate of drug-likeness (QED) is 0.819. The first-order valence-electron chi connectivity index (χ1n) is 7.54. The summed E-state index contributed by atoms with van der Waals surface area (Å²) in [6.07, 6.45) is 1.04. The monoisotopic (exact) mass is 308 g/mol. The fourth-order valence-corrected chi connectivity index (χ4v) is 4.26. The molecule has 21 heavy (non-hydrogen) atoms. The van der Waals surface area contributed by atoms with Crippen LogP contribution in [0.2, 0.25) is 0 Å². The predicted octanol–water partition coefficient (Wildman–Crippen LogP) is 1.06. The largest absolute Gasteiger partial charge is 0.379 e. The molecular formula is C15H20N2O3S. The van der Waals surface area contributed by atoms with E-state index in [2.05, 4.69) is 4.90 Å². The summed E-state index contributed by atoms with van der Waals surface area (Å²) in [6, 6.07) is 4.31. The van der Waals surface area contributed by atoms with E-state index < -0.39 is 0 Å². The second-order valence-corrected chi connectivity index (χ2v) is 7.09. The zero-order valence-electron chi connectivity index (χ0n) is 12.0. The summed E-state index contributed by atoms with van der Waals surface area (Å²) in [5.41, 5.74) is -0.0874. The Labute approximate surface area is 128 Å². The molecule has 4 rings (SSSR count). The predicted molar refractivity (Wildman–Crippen MR) is 79.7 cm³/mol. The van der Waals surface area contributed by atoms with Crippen molar-refractivity contribution in [2.24, 2.45) is 0 Å². The fraction of sp³-hybridized carbons (Fsp3) is 0.667. The van der Waals surface area contributed by atoms with E-state index in [9.17, 15) is 4.79 Å². The maximum atomic E-state index is 12.3. The number of carbonyl (C=O) groups is 1. The first kappa shape index (κ1) is 13.7. The molecule has 1 unspecified atom stereocenters. The molecule has 1 aromatic rings. The first-order valence-corrected chi connectivity index (χ1v) is 8.42. The van der Waals surface area contributed by atoms with Crippen LogP contribution in [0.4, 0.5) is 0 Å².